The summed E-state index contributed by atoms with van der Waals surface area (Å²) < 4.78 is 6.77. The van der Waals surface area contributed by atoms with Crippen molar-refractivity contribution in [2.45, 2.75) is 0 Å². The molecule has 3 rings (SSSR count). The average Bonchev–Trinajstić information content (AvgIpc) is 2.96. The number of anilines is 2. The normalized spacial score (nSPS) is 10.4. The van der Waals surface area contributed by atoms with Crippen LogP contribution >= 0.6 is 0 Å². The first-order chi connectivity index (χ1) is 11.6. The second-order valence-corrected chi connectivity index (χ2v) is 5.35. The van der Waals surface area contributed by atoms with Crippen molar-refractivity contribution in [1.82, 2.24) is 9.78 Å². The Bertz CT molecular complexity index is 869. The Labute approximate surface area is 139 Å². The maximum atomic E-state index is 12.4. The Kier molecular flexibility index (Phi) is 4.20. The number of hydrogen-bond donors (Lipinski definition) is 2. The number of rotatable bonds is 4. The van der Waals surface area contributed by atoms with Gasteiger partial charge in [0.25, 0.3) is 5.91 Å². The summed E-state index contributed by atoms with van der Waals surface area (Å²) >= 11 is 0. The number of aromatic nitrogens is 2. The van der Waals surface area contributed by atoms with Crippen LogP contribution < -0.4 is 15.8 Å². The van der Waals surface area contributed by atoms with Crippen LogP contribution in [0.5, 0.6) is 5.75 Å². The van der Waals surface area contributed by atoms with Gasteiger partial charge in [-0.25, -0.2) is 0 Å². The summed E-state index contributed by atoms with van der Waals surface area (Å²) in [5.74, 6) is 1.02. The van der Waals surface area contributed by atoms with E-state index in [2.05, 4.69) is 10.4 Å². The first-order valence-corrected chi connectivity index (χ1v) is 7.42. The van der Waals surface area contributed by atoms with E-state index < -0.39 is 0 Å². The molecule has 24 heavy (non-hydrogen) atoms. The Morgan fingerprint density at radius 1 is 1.17 bits per heavy atom. The molecule has 6 heteroatoms. The number of nitrogens with two attached hydrogens (primary N) is 1. The lowest BCUT2D eigenvalue weighted by molar-refractivity contribution is 0.102. The predicted molar refractivity (Wildman–Crippen MR) is 94.0 cm³/mol. The van der Waals surface area contributed by atoms with E-state index in [0.717, 1.165) is 11.3 Å². The third-order valence-electron chi connectivity index (χ3n) is 3.66. The maximum Gasteiger partial charge on any atom is 0.256 e. The zero-order valence-electron chi connectivity index (χ0n) is 13.5. The molecule has 0 saturated heterocycles. The van der Waals surface area contributed by atoms with E-state index in [0.29, 0.717) is 22.8 Å². The van der Waals surface area contributed by atoms with Crippen molar-refractivity contribution in [3.63, 3.8) is 0 Å². The molecule has 0 radical (unpaired) electrons. The summed E-state index contributed by atoms with van der Waals surface area (Å²) in [6, 6.07) is 16.2. The monoisotopic (exact) mass is 322 g/mol. The molecular weight excluding hydrogens is 304 g/mol. The molecule has 6 nitrogen and oxygen atoms in total. The lowest BCUT2D eigenvalue weighted by Crippen LogP contribution is -2.14. The van der Waals surface area contributed by atoms with E-state index in [1.165, 1.54) is 0 Å². The molecule has 3 N–H and O–H groups in total. The second-order valence-electron chi connectivity index (χ2n) is 5.35. The number of carbonyl (C=O) groups is 1. The van der Waals surface area contributed by atoms with Crippen LogP contribution in [-0.2, 0) is 7.05 Å². The van der Waals surface area contributed by atoms with E-state index >= 15 is 0 Å². The molecule has 1 heterocycles. The number of hydrogen-bond acceptors (Lipinski definition) is 4. The molecule has 0 atom stereocenters. The van der Waals surface area contributed by atoms with Gasteiger partial charge in [-0.3, -0.25) is 9.48 Å². The van der Waals surface area contributed by atoms with Crippen molar-refractivity contribution in [1.29, 1.82) is 0 Å². The Balaban J connectivity index is 1.82. The fourth-order valence-corrected chi connectivity index (χ4v) is 2.33. The molecule has 2 aromatic carbocycles. The fourth-order valence-electron chi connectivity index (χ4n) is 2.33. The van der Waals surface area contributed by atoms with Crippen LogP contribution in [0, 0.1) is 0 Å². The standard InChI is InChI=1S/C18H18N4O2/c1-22-17(11-16(21-22)12-6-8-14(19)9-7-12)20-18(23)13-4-3-5-15(10-13)24-2/h3-11H,19H2,1-2H3,(H,20,23). The molecule has 0 aliphatic heterocycles. The van der Waals surface area contributed by atoms with E-state index in [-0.39, 0.29) is 5.91 Å². The second kappa shape index (κ2) is 6.45. The molecule has 1 amide bonds. The number of nitrogens with one attached hydrogen (secondary N) is 1. The van der Waals surface area contributed by atoms with Crippen LogP contribution in [-0.4, -0.2) is 22.8 Å². The van der Waals surface area contributed by atoms with Crippen LogP contribution in [0.2, 0.25) is 0 Å². The molecule has 122 valence electrons. The average molecular weight is 322 g/mol. The fraction of sp³-hybridized carbons (Fsp3) is 0.111. The highest BCUT2D eigenvalue weighted by Gasteiger charge is 2.12. The van der Waals surface area contributed by atoms with Crippen molar-refractivity contribution in [2.24, 2.45) is 7.05 Å². The van der Waals surface area contributed by atoms with Crippen LogP contribution in [0.3, 0.4) is 0 Å². The van der Waals surface area contributed by atoms with Crippen molar-refractivity contribution >= 4 is 17.4 Å². The van der Waals surface area contributed by atoms with Crippen molar-refractivity contribution < 1.29 is 9.53 Å². The van der Waals surface area contributed by atoms with Gasteiger partial charge in [-0.15, -0.1) is 0 Å². The molecule has 0 aliphatic rings. The van der Waals surface area contributed by atoms with E-state index in [9.17, 15) is 4.79 Å². The number of benzene rings is 2. The Morgan fingerprint density at radius 3 is 2.62 bits per heavy atom. The first-order valence-electron chi connectivity index (χ1n) is 7.42. The SMILES string of the molecule is COc1cccc(C(=O)Nc2cc(-c3ccc(N)cc3)nn2C)c1. The highest BCUT2D eigenvalue weighted by atomic mass is 16.5. The number of methoxy groups -OCH3 is 1. The number of carbonyl (C=O) groups excluding carboxylic acids is 1. The van der Waals surface area contributed by atoms with Gasteiger partial charge in [-0.1, -0.05) is 18.2 Å². The van der Waals surface area contributed by atoms with Gasteiger partial charge in [0.1, 0.15) is 11.6 Å². The van der Waals surface area contributed by atoms with Gasteiger partial charge in [-0.05, 0) is 30.3 Å². The smallest absolute Gasteiger partial charge is 0.256 e. The zero-order valence-corrected chi connectivity index (χ0v) is 13.5. The number of ether oxygens (including phenoxy) is 1. The maximum absolute atomic E-state index is 12.4. The highest BCUT2D eigenvalue weighted by Crippen LogP contribution is 2.23. The highest BCUT2D eigenvalue weighted by molar-refractivity contribution is 6.04. The minimum Gasteiger partial charge on any atom is -0.497 e. The third kappa shape index (κ3) is 3.22. The lowest BCUT2D eigenvalue weighted by Gasteiger charge is -2.06. The number of nitrogens with zero attached hydrogens (tertiary/aromatic N) is 2. The van der Waals surface area contributed by atoms with E-state index in [1.54, 1.807) is 43.1 Å². The molecule has 1 aromatic heterocycles. The van der Waals surface area contributed by atoms with Crippen LogP contribution in [0.4, 0.5) is 11.5 Å². The predicted octanol–water partition coefficient (Wildman–Crippen LogP) is 2.93. The van der Waals surface area contributed by atoms with Gasteiger partial charge in [0.05, 0.1) is 12.8 Å². The van der Waals surface area contributed by atoms with E-state index in [4.69, 9.17) is 10.5 Å². The largest absolute Gasteiger partial charge is 0.497 e. The summed E-state index contributed by atoms with van der Waals surface area (Å²) in [6.45, 7) is 0. The third-order valence-corrected chi connectivity index (χ3v) is 3.66. The van der Waals surface area contributed by atoms with Gasteiger partial charge < -0.3 is 15.8 Å². The van der Waals surface area contributed by atoms with Crippen LogP contribution in [0.1, 0.15) is 10.4 Å². The molecule has 0 saturated carbocycles. The Hall–Kier alpha value is -3.28. The van der Waals surface area contributed by atoms with Gasteiger partial charge in [-0.2, -0.15) is 5.10 Å². The number of aryl methyl sites for hydroxylation is 1. The summed E-state index contributed by atoms with van der Waals surface area (Å²) in [7, 11) is 3.35. The zero-order chi connectivity index (χ0) is 17.1. The summed E-state index contributed by atoms with van der Waals surface area (Å²) in [6.07, 6.45) is 0. The van der Waals surface area contributed by atoms with Crippen LogP contribution in [0.25, 0.3) is 11.3 Å². The summed E-state index contributed by atoms with van der Waals surface area (Å²) in [5, 5.41) is 7.29. The molecule has 0 spiro atoms. The quantitative estimate of drug-likeness (QED) is 0.724. The molecule has 0 bridgehead atoms. The Morgan fingerprint density at radius 2 is 1.92 bits per heavy atom. The molecule has 3 aromatic rings. The lowest BCUT2D eigenvalue weighted by atomic mass is 10.1. The first kappa shape index (κ1) is 15.6. The topological polar surface area (TPSA) is 82.2 Å². The number of amides is 1. The van der Waals surface area contributed by atoms with E-state index in [1.807, 2.05) is 30.3 Å². The van der Waals surface area contributed by atoms with Gasteiger partial charge in [0.2, 0.25) is 0 Å². The van der Waals surface area contributed by atoms with Gasteiger partial charge in [0.15, 0.2) is 0 Å². The van der Waals surface area contributed by atoms with Gasteiger partial charge in [0, 0.05) is 29.9 Å². The van der Waals surface area contributed by atoms with Crippen molar-refractivity contribution in [3.8, 4) is 17.0 Å². The number of nitrogen functional groups attached to an aromatic ring is 1. The molecule has 0 fully saturated rings. The van der Waals surface area contributed by atoms with Crippen molar-refractivity contribution in [2.75, 3.05) is 18.2 Å². The van der Waals surface area contributed by atoms with Crippen molar-refractivity contribution in [3.05, 3.63) is 60.2 Å². The molecule has 0 unspecified atom stereocenters. The van der Waals surface area contributed by atoms with Crippen LogP contribution in [0.15, 0.2) is 54.6 Å². The minimum atomic E-state index is -0.222. The van der Waals surface area contributed by atoms with Gasteiger partial charge >= 0.3 is 0 Å². The molecular formula is C18H18N4O2. The summed E-state index contributed by atoms with van der Waals surface area (Å²) in [4.78, 5) is 12.4. The minimum absolute atomic E-state index is 0.222. The molecule has 0 aliphatic carbocycles. The summed E-state index contributed by atoms with van der Waals surface area (Å²) in [5.41, 5.74) is 8.61.